The molecule has 7 nitrogen and oxygen atoms in total. The number of amides is 1. The van der Waals surface area contributed by atoms with E-state index in [0.29, 0.717) is 28.7 Å². The van der Waals surface area contributed by atoms with Gasteiger partial charge in [-0.25, -0.2) is 9.78 Å². The number of anilines is 1. The number of hydrogen-bond acceptors (Lipinski definition) is 6. The molecule has 2 N–H and O–H groups in total. The van der Waals surface area contributed by atoms with Gasteiger partial charge in [0.05, 0.1) is 12.8 Å². The average Bonchev–Trinajstić information content (AvgIpc) is 3.48. The van der Waals surface area contributed by atoms with Crippen LogP contribution in [0.3, 0.4) is 0 Å². The van der Waals surface area contributed by atoms with E-state index < -0.39 is 5.97 Å². The Hall–Kier alpha value is -3.91. The Labute approximate surface area is 182 Å². The van der Waals surface area contributed by atoms with Gasteiger partial charge in [0.1, 0.15) is 18.1 Å². The molecule has 0 unspecified atom stereocenters. The van der Waals surface area contributed by atoms with E-state index in [1.165, 1.54) is 18.4 Å². The van der Waals surface area contributed by atoms with E-state index in [2.05, 4.69) is 20.0 Å². The van der Waals surface area contributed by atoms with Crippen LogP contribution in [-0.4, -0.2) is 29.0 Å². The Kier molecular flexibility index (Phi) is 6.09. The Morgan fingerprint density at radius 3 is 2.61 bits per heavy atom. The molecule has 2 heterocycles. The smallest absolute Gasteiger partial charge is 0.354 e. The number of rotatable bonds is 7. The van der Waals surface area contributed by atoms with Gasteiger partial charge in [0.25, 0.3) is 5.91 Å². The summed E-state index contributed by atoms with van der Waals surface area (Å²) >= 11 is 1.31. The van der Waals surface area contributed by atoms with E-state index in [0.717, 1.165) is 16.9 Å². The summed E-state index contributed by atoms with van der Waals surface area (Å²) in [5, 5.41) is 5.08. The van der Waals surface area contributed by atoms with Crippen molar-refractivity contribution in [3.05, 3.63) is 89.1 Å². The first-order valence-electron chi connectivity index (χ1n) is 9.43. The largest absolute Gasteiger partial charge is 0.489 e. The van der Waals surface area contributed by atoms with E-state index in [4.69, 9.17) is 4.74 Å². The second kappa shape index (κ2) is 9.27. The molecule has 0 fully saturated rings. The number of methoxy groups -OCH3 is 1. The van der Waals surface area contributed by atoms with Crippen LogP contribution in [0.5, 0.6) is 5.75 Å². The number of aromatic amines is 1. The molecule has 31 heavy (non-hydrogen) atoms. The molecule has 0 saturated carbocycles. The van der Waals surface area contributed by atoms with Crippen LogP contribution in [0.25, 0.3) is 11.3 Å². The van der Waals surface area contributed by atoms with Crippen molar-refractivity contribution in [3.8, 4) is 17.0 Å². The number of ether oxygens (including phenoxy) is 2. The lowest BCUT2D eigenvalue weighted by molar-refractivity contribution is 0.0594. The molecule has 0 radical (unpaired) electrons. The Morgan fingerprint density at radius 2 is 1.87 bits per heavy atom. The van der Waals surface area contributed by atoms with Crippen molar-refractivity contribution in [2.24, 2.45) is 0 Å². The standard InChI is InChI=1S/C23H19N3O4S/c1-29-22(28)19-11-17(12-24-19)20-14-31-23(25-20)26-21(27)16-9-7-15(8-10-16)13-30-18-5-3-2-4-6-18/h2-12,14,24H,13H2,1H3,(H,25,26,27). The van der Waals surface area contributed by atoms with Crippen molar-refractivity contribution in [1.29, 1.82) is 0 Å². The minimum Gasteiger partial charge on any atom is -0.489 e. The number of nitrogens with one attached hydrogen (secondary N) is 2. The summed E-state index contributed by atoms with van der Waals surface area (Å²) in [6, 6.07) is 18.4. The number of para-hydroxylation sites is 1. The highest BCUT2D eigenvalue weighted by Crippen LogP contribution is 2.26. The second-order valence-corrected chi connectivity index (χ2v) is 7.44. The first-order valence-corrected chi connectivity index (χ1v) is 10.3. The zero-order valence-electron chi connectivity index (χ0n) is 16.6. The van der Waals surface area contributed by atoms with Gasteiger partial charge >= 0.3 is 5.97 Å². The lowest BCUT2D eigenvalue weighted by Crippen LogP contribution is -2.11. The molecule has 0 aliphatic heterocycles. The van der Waals surface area contributed by atoms with Gasteiger partial charge in [0, 0.05) is 22.7 Å². The molecular weight excluding hydrogens is 414 g/mol. The number of esters is 1. The maximum Gasteiger partial charge on any atom is 0.354 e. The number of carbonyl (C=O) groups excluding carboxylic acids is 2. The fourth-order valence-corrected chi connectivity index (χ4v) is 3.55. The van der Waals surface area contributed by atoms with Crippen LogP contribution in [0.15, 0.2) is 72.2 Å². The SMILES string of the molecule is COC(=O)c1cc(-c2csc(NC(=O)c3ccc(COc4ccccc4)cc3)n2)c[nH]1. The second-order valence-electron chi connectivity index (χ2n) is 6.58. The predicted octanol–water partition coefficient (Wildman–Crippen LogP) is 4.76. The van der Waals surface area contributed by atoms with Gasteiger partial charge in [-0.15, -0.1) is 11.3 Å². The van der Waals surface area contributed by atoms with Gasteiger partial charge in [0.15, 0.2) is 5.13 Å². The van der Waals surface area contributed by atoms with Crippen LogP contribution in [0.4, 0.5) is 5.13 Å². The molecule has 1 amide bonds. The number of thiazole rings is 1. The molecule has 0 spiro atoms. The first kappa shape index (κ1) is 20.4. The third kappa shape index (κ3) is 4.99. The highest BCUT2D eigenvalue weighted by atomic mass is 32.1. The van der Waals surface area contributed by atoms with Crippen molar-refractivity contribution in [3.63, 3.8) is 0 Å². The lowest BCUT2D eigenvalue weighted by Gasteiger charge is -2.07. The van der Waals surface area contributed by atoms with Gasteiger partial charge in [-0.1, -0.05) is 30.3 Å². The number of aromatic nitrogens is 2. The van der Waals surface area contributed by atoms with Crippen LogP contribution in [0.2, 0.25) is 0 Å². The van der Waals surface area contributed by atoms with Crippen molar-refractivity contribution in [2.45, 2.75) is 6.61 Å². The number of nitrogens with zero attached hydrogens (tertiary/aromatic N) is 1. The van der Waals surface area contributed by atoms with Gasteiger partial charge in [-0.3, -0.25) is 10.1 Å². The summed E-state index contributed by atoms with van der Waals surface area (Å²) in [4.78, 5) is 31.4. The summed E-state index contributed by atoms with van der Waals surface area (Å²) < 4.78 is 10.4. The summed E-state index contributed by atoms with van der Waals surface area (Å²) in [5.41, 5.74) is 3.22. The molecule has 0 bridgehead atoms. The number of hydrogen-bond donors (Lipinski definition) is 2. The molecule has 2 aromatic carbocycles. The first-order chi connectivity index (χ1) is 15.1. The molecule has 0 atom stereocenters. The summed E-state index contributed by atoms with van der Waals surface area (Å²) in [6.45, 7) is 0.423. The molecular formula is C23H19N3O4S. The minimum atomic E-state index is -0.451. The molecule has 4 aromatic rings. The lowest BCUT2D eigenvalue weighted by atomic mass is 10.1. The molecule has 156 valence electrons. The van der Waals surface area contributed by atoms with Crippen molar-refractivity contribution >= 4 is 28.3 Å². The minimum absolute atomic E-state index is 0.249. The Balaban J connectivity index is 1.36. The average molecular weight is 433 g/mol. The van der Waals surface area contributed by atoms with E-state index in [9.17, 15) is 9.59 Å². The fourth-order valence-electron chi connectivity index (χ4n) is 2.84. The van der Waals surface area contributed by atoms with E-state index in [1.807, 2.05) is 47.8 Å². The van der Waals surface area contributed by atoms with Crippen LogP contribution < -0.4 is 10.1 Å². The monoisotopic (exact) mass is 433 g/mol. The predicted molar refractivity (Wildman–Crippen MR) is 118 cm³/mol. The summed E-state index contributed by atoms with van der Waals surface area (Å²) in [7, 11) is 1.32. The fraction of sp³-hybridized carbons (Fsp3) is 0.0870. The Bertz CT molecular complexity index is 1180. The van der Waals surface area contributed by atoms with Crippen LogP contribution in [0, 0.1) is 0 Å². The van der Waals surface area contributed by atoms with Crippen molar-refractivity contribution in [2.75, 3.05) is 12.4 Å². The van der Waals surface area contributed by atoms with Gasteiger partial charge < -0.3 is 14.5 Å². The zero-order chi connectivity index (χ0) is 21.6. The maximum atomic E-state index is 12.5. The van der Waals surface area contributed by atoms with Crippen LogP contribution in [0.1, 0.15) is 26.4 Å². The molecule has 0 aliphatic carbocycles. The number of benzene rings is 2. The molecule has 0 saturated heterocycles. The van der Waals surface area contributed by atoms with E-state index in [1.54, 1.807) is 24.4 Å². The normalized spacial score (nSPS) is 10.5. The molecule has 4 rings (SSSR count). The van der Waals surface area contributed by atoms with Crippen molar-refractivity contribution in [1.82, 2.24) is 9.97 Å². The van der Waals surface area contributed by atoms with Crippen molar-refractivity contribution < 1.29 is 19.1 Å². The molecule has 0 aliphatic rings. The van der Waals surface area contributed by atoms with Crippen LogP contribution in [-0.2, 0) is 11.3 Å². The third-order valence-electron chi connectivity index (χ3n) is 4.47. The van der Waals surface area contributed by atoms with Gasteiger partial charge in [-0.05, 0) is 35.9 Å². The van der Waals surface area contributed by atoms with Crippen LogP contribution >= 0.6 is 11.3 Å². The summed E-state index contributed by atoms with van der Waals surface area (Å²) in [5.74, 6) is 0.0957. The zero-order valence-corrected chi connectivity index (χ0v) is 17.4. The maximum absolute atomic E-state index is 12.5. The number of carbonyl (C=O) groups is 2. The highest BCUT2D eigenvalue weighted by Gasteiger charge is 2.13. The topological polar surface area (TPSA) is 93.3 Å². The number of H-pyrrole nitrogens is 1. The molecule has 2 aromatic heterocycles. The molecule has 8 heteroatoms. The van der Waals surface area contributed by atoms with Gasteiger partial charge in [-0.2, -0.15) is 0 Å². The summed E-state index contributed by atoms with van der Waals surface area (Å²) in [6.07, 6.45) is 1.67. The Morgan fingerprint density at radius 1 is 1.10 bits per heavy atom. The van der Waals surface area contributed by atoms with E-state index in [-0.39, 0.29) is 5.91 Å². The highest BCUT2D eigenvalue weighted by molar-refractivity contribution is 7.14. The quantitative estimate of drug-likeness (QED) is 0.410. The van der Waals surface area contributed by atoms with E-state index >= 15 is 0 Å². The van der Waals surface area contributed by atoms with Gasteiger partial charge in [0.2, 0.25) is 0 Å². The third-order valence-corrected chi connectivity index (χ3v) is 5.23.